The first-order chi connectivity index (χ1) is 22.8. The molecule has 1 saturated carbocycles. The van der Waals surface area contributed by atoms with Crippen molar-refractivity contribution in [3.63, 3.8) is 0 Å². The topological polar surface area (TPSA) is 92.3 Å². The van der Waals surface area contributed by atoms with Gasteiger partial charge in [0.25, 0.3) is 6.48 Å². The van der Waals surface area contributed by atoms with Crippen LogP contribution < -0.4 is 0 Å². The van der Waals surface area contributed by atoms with Crippen LogP contribution in [0, 0.1) is 0 Å². The molecular weight excluding hydrogens is 592 g/mol. The third-order valence-electron chi connectivity index (χ3n) is 8.08. The lowest BCUT2D eigenvalue weighted by molar-refractivity contribution is -0.489. The largest absolute Gasteiger partial charge is 0.377 e. The van der Waals surface area contributed by atoms with Crippen molar-refractivity contribution < 1.29 is 47.4 Å². The van der Waals surface area contributed by atoms with E-state index in [1.54, 1.807) is 0 Å². The van der Waals surface area contributed by atoms with Gasteiger partial charge < -0.3 is 47.4 Å². The average molecular weight is 637 g/mol. The summed E-state index contributed by atoms with van der Waals surface area (Å²) in [6, 6.07) is 30.2. The van der Waals surface area contributed by atoms with E-state index in [9.17, 15) is 0 Å². The van der Waals surface area contributed by atoms with E-state index in [4.69, 9.17) is 47.4 Å². The monoisotopic (exact) mass is 636 g/mol. The van der Waals surface area contributed by atoms with Crippen LogP contribution in [-0.2, 0) is 67.2 Å². The van der Waals surface area contributed by atoms with Crippen LogP contribution in [-0.4, -0.2) is 96.0 Å². The lowest BCUT2D eigenvalue weighted by Gasteiger charge is -2.58. The Labute approximate surface area is 270 Å². The van der Waals surface area contributed by atoms with Crippen LogP contribution in [0.25, 0.3) is 0 Å². The minimum absolute atomic E-state index is 0.363. The van der Waals surface area contributed by atoms with E-state index in [1.807, 2.05) is 91.0 Å². The second-order valence-electron chi connectivity index (χ2n) is 11.3. The van der Waals surface area contributed by atoms with Crippen LogP contribution in [0.2, 0.25) is 0 Å². The maximum absolute atomic E-state index is 6.42. The number of benzene rings is 3. The van der Waals surface area contributed by atoms with Gasteiger partial charge in [0.2, 0.25) is 0 Å². The van der Waals surface area contributed by atoms with Gasteiger partial charge in [0.15, 0.2) is 0 Å². The molecular formula is C36H44O10. The van der Waals surface area contributed by atoms with Crippen LogP contribution in [0.15, 0.2) is 91.0 Å². The number of rotatable bonds is 21. The SMILES string of the molecule is c1ccc(COCCOCCO[C@@H]2C3OC4O[C@@H]2C(OCc2ccccc2)[C@H](O4)[C@H]3OCCOCCOCc2ccccc2)cc1. The van der Waals surface area contributed by atoms with Gasteiger partial charge in [0.1, 0.15) is 36.6 Å². The Bertz CT molecular complexity index is 1180. The highest BCUT2D eigenvalue weighted by molar-refractivity contribution is 5.15. The smallest absolute Gasteiger partial charge is 0.272 e. The number of hydrogen-bond acceptors (Lipinski definition) is 10. The lowest BCUT2D eigenvalue weighted by atomic mass is 9.82. The Balaban J connectivity index is 0.957. The Morgan fingerprint density at radius 3 is 1.15 bits per heavy atom. The Morgan fingerprint density at radius 2 is 0.717 bits per heavy atom. The van der Waals surface area contributed by atoms with Crippen molar-refractivity contribution in [2.24, 2.45) is 0 Å². The molecule has 1 aliphatic carbocycles. The molecule has 248 valence electrons. The van der Waals surface area contributed by atoms with E-state index in [1.165, 1.54) is 0 Å². The van der Waals surface area contributed by atoms with E-state index in [2.05, 4.69) is 0 Å². The van der Waals surface area contributed by atoms with Crippen LogP contribution in [0.1, 0.15) is 16.7 Å². The van der Waals surface area contributed by atoms with E-state index < -0.39 is 24.8 Å². The fraction of sp³-hybridized carbons (Fsp3) is 0.500. The third-order valence-corrected chi connectivity index (χ3v) is 8.08. The molecule has 10 heteroatoms. The Morgan fingerprint density at radius 1 is 0.370 bits per heavy atom. The van der Waals surface area contributed by atoms with Crippen LogP contribution >= 0.6 is 0 Å². The first-order valence-corrected chi connectivity index (χ1v) is 16.1. The van der Waals surface area contributed by atoms with Crippen molar-refractivity contribution in [2.45, 2.75) is 62.9 Å². The summed E-state index contributed by atoms with van der Waals surface area (Å²) in [6.45, 7) is 4.28. The zero-order valence-corrected chi connectivity index (χ0v) is 26.1. The molecule has 46 heavy (non-hydrogen) atoms. The number of hydrogen-bond donors (Lipinski definition) is 0. The molecule has 3 aromatic carbocycles. The molecule has 0 N–H and O–H groups in total. The van der Waals surface area contributed by atoms with Crippen LogP contribution in [0.3, 0.4) is 0 Å². The zero-order valence-electron chi connectivity index (χ0n) is 26.1. The van der Waals surface area contributed by atoms with Gasteiger partial charge in [-0.25, -0.2) is 0 Å². The zero-order chi connectivity index (χ0) is 31.2. The van der Waals surface area contributed by atoms with Gasteiger partial charge in [-0.15, -0.1) is 0 Å². The maximum atomic E-state index is 6.42. The minimum Gasteiger partial charge on any atom is -0.377 e. The normalized spacial score (nSPS) is 26.5. The van der Waals surface area contributed by atoms with Gasteiger partial charge >= 0.3 is 0 Å². The second kappa shape index (κ2) is 18.0. The van der Waals surface area contributed by atoms with E-state index in [-0.39, 0.29) is 18.3 Å². The van der Waals surface area contributed by atoms with Gasteiger partial charge in [0.05, 0.1) is 72.7 Å². The van der Waals surface area contributed by atoms with E-state index in [0.717, 1.165) is 16.7 Å². The van der Waals surface area contributed by atoms with Gasteiger partial charge in [-0.2, -0.15) is 0 Å². The molecule has 0 aromatic heterocycles. The van der Waals surface area contributed by atoms with Crippen molar-refractivity contribution in [1.29, 1.82) is 0 Å². The van der Waals surface area contributed by atoms with Crippen LogP contribution in [0.5, 0.6) is 0 Å². The molecule has 3 unspecified atom stereocenters. The highest BCUT2D eigenvalue weighted by Gasteiger charge is 2.63. The predicted octanol–water partition coefficient (Wildman–Crippen LogP) is 4.29. The standard InChI is InChI=1S/C36H44O10/c1-4-10-27(11-5-1)24-39-18-16-37-20-22-41-30-33-31(42-23-21-38-17-19-40-25-28-12-6-2-7-13-28)35-32(34(30)45-36(44-33)46-35)43-26-29-14-8-3-9-15-29/h1-15,30-36H,16-26H2/t30-,31+,32?,33?,34+,35-,36?. The summed E-state index contributed by atoms with van der Waals surface area (Å²) in [5.41, 5.74) is 3.34. The maximum Gasteiger partial charge on any atom is 0.272 e. The quantitative estimate of drug-likeness (QED) is 0.158. The van der Waals surface area contributed by atoms with Gasteiger partial charge in [-0.1, -0.05) is 91.0 Å². The molecule has 10 nitrogen and oxygen atoms in total. The van der Waals surface area contributed by atoms with Crippen molar-refractivity contribution in [3.8, 4) is 0 Å². The summed E-state index contributed by atoms with van der Waals surface area (Å²) in [4.78, 5) is 0. The molecule has 0 spiro atoms. The molecule has 3 aromatic rings. The first-order valence-electron chi connectivity index (χ1n) is 16.1. The molecule has 4 aliphatic rings. The van der Waals surface area contributed by atoms with Crippen LogP contribution in [0.4, 0.5) is 0 Å². The fourth-order valence-electron chi connectivity index (χ4n) is 5.86. The Kier molecular flexibility index (Phi) is 13.0. The second-order valence-corrected chi connectivity index (χ2v) is 11.3. The number of ether oxygens (including phenoxy) is 10. The molecule has 7 atom stereocenters. The average Bonchev–Trinajstić information content (AvgIpc) is 3.10. The van der Waals surface area contributed by atoms with Gasteiger partial charge in [0, 0.05) is 0 Å². The molecule has 0 amide bonds. The summed E-state index contributed by atoms with van der Waals surface area (Å²) in [6.07, 6.45) is -2.31. The van der Waals surface area contributed by atoms with Crippen molar-refractivity contribution in [3.05, 3.63) is 108 Å². The molecule has 0 radical (unpaired) electrons. The molecule has 7 rings (SSSR count). The van der Waals surface area contributed by atoms with E-state index >= 15 is 0 Å². The minimum atomic E-state index is -0.771. The van der Waals surface area contributed by atoms with Crippen molar-refractivity contribution in [2.75, 3.05) is 52.9 Å². The van der Waals surface area contributed by atoms with Gasteiger partial charge in [-0.05, 0) is 16.7 Å². The summed E-state index contributed by atoms with van der Waals surface area (Å²) in [5.74, 6) is 0. The van der Waals surface area contributed by atoms with E-state index in [0.29, 0.717) is 72.7 Å². The summed E-state index contributed by atoms with van der Waals surface area (Å²) in [5, 5.41) is 0. The first kappa shape index (κ1) is 33.2. The summed E-state index contributed by atoms with van der Waals surface area (Å²) < 4.78 is 60.3. The highest BCUT2D eigenvalue weighted by atomic mass is 16.9. The predicted molar refractivity (Wildman–Crippen MR) is 167 cm³/mol. The molecule has 4 bridgehead atoms. The summed E-state index contributed by atoms with van der Waals surface area (Å²) in [7, 11) is 0. The highest BCUT2D eigenvalue weighted by Crippen LogP contribution is 2.43. The van der Waals surface area contributed by atoms with Crippen molar-refractivity contribution in [1.82, 2.24) is 0 Å². The molecule has 3 aliphatic heterocycles. The third kappa shape index (κ3) is 9.42. The molecule has 4 fully saturated rings. The fourth-order valence-corrected chi connectivity index (χ4v) is 5.86. The summed E-state index contributed by atoms with van der Waals surface area (Å²) >= 11 is 0. The lowest BCUT2D eigenvalue weighted by Crippen LogP contribution is -2.76. The van der Waals surface area contributed by atoms with Gasteiger partial charge in [-0.3, -0.25) is 0 Å². The Hall–Kier alpha value is -2.74. The van der Waals surface area contributed by atoms with Crippen molar-refractivity contribution >= 4 is 0 Å². The molecule has 3 saturated heterocycles. The molecule has 3 heterocycles.